The zero-order valence-electron chi connectivity index (χ0n) is 10.1. The molecule has 1 heterocycles. The van der Waals surface area contributed by atoms with E-state index in [4.69, 9.17) is 11.6 Å². The number of aryl methyl sites for hydroxylation is 1. The molecule has 0 aliphatic heterocycles. The Balaban J connectivity index is 2.42. The number of hydrogen-bond acceptors (Lipinski definition) is 3. The van der Waals surface area contributed by atoms with E-state index in [0.29, 0.717) is 0 Å². The lowest BCUT2D eigenvalue weighted by Gasteiger charge is -2.18. The van der Waals surface area contributed by atoms with Crippen molar-refractivity contribution in [1.29, 1.82) is 0 Å². The van der Waals surface area contributed by atoms with Crippen LogP contribution in [0.1, 0.15) is 31.9 Å². The third kappa shape index (κ3) is 4.35. The number of anilines is 1. The number of nitrogens with zero attached hydrogens (tertiary/aromatic N) is 3. The van der Waals surface area contributed by atoms with Gasteiger partial charge in [-0.25, -0.2) is 9.97 Å². The van der Waals surface area contributed by atoms with Crippen LogP contribution in [-0.4, -0.2) is 29.4 Å². The Kier molecular flexibility index (Phi) is 6.16. The first-order valence-electron chi connectivity index (χ1n) is 5.86. The van der Waals surface area contributed by atoms with E-state index in [1.165, 1.54) is 6.42 Å². The fourth-order valence-corrected chi connectivity index (χ4v) is 1.71. The monoisotopic (exact) mass is 241 g/mol. The molecule has 16 heavy (non-hydrogen) atoms. The Labute approximate surface area is 103 Å². The summed E-state index contributed by atoms with van der Waals surface area (Å²) in [6.07, 6.45) is 6.03. The molecule has 0 unspecified atom stereocenters. The molecule has 0 spiro atoms. The standard InChI is InChI=1S/C12H20ClN3/c1-3-11-9-12(15-10-14-11)16(2)8-6-4-5-7-13/h9-10H,3-8H2,1-2H3. The summed E-state index contributed by atoms with van der Waals surface area (Å²) in [4.78, 5) is 10.6. The molecule has 0 fully saturated rings. The minimum absolute atomic E-state index is 0.761. The van der Waals surface area contributed by atoms with Crippen LogP contribution in [0.5, 0.6) is 0 Å². The highest BCUT2D eigenvalue weighted by molar-refractivity contribution is 6.17. The van der Waals surface area contributed by atoms with Gasteiger partial charge in [-0.1, -0.05) is 13.3 Å². The molecule has 0 radical (unpaired) electrons. The molecule has 0 atom stereocenters. The van der Waals surface area contributed by atoms with Crippen LogP contribution in [0.25, 0.3) is 0 Å². The molecular formula is C12H20ClN3. The summed E-state index contributed by atoms with van der Waals surface area (Å²) in [6, 6.07) is 2.06. The summed E-state index contributed by atoms with van der Waals surface area (Å²) in [5.74, 6) is 1.77. The first-order chi connectivity index (χ1) is 7.77. The van der Waals surface area contributed by atoms with Crippen LogP contribution >= 0.6 is 11.6 Å². The Morgan fingerprint density at radius 3 is 2.75 bits per heavy atom. The normalized spacial score (nSPS) is 10.4. The van der Waals surface area contributed by atoms with Crippen molar-refractivity contribution in [2.75, 3.05) is 24.4 Å². The van der Waals surface area contributed by atoms with Crippen molar-refractivity contribution in [1.82, 2.24) is 9.97 Å². The SMILES string of the molecule is CCc1cc(N(C)CCCCCCl)ncn1. The van der Waals surface area contributed by atoms with Crippen molar-refractivity contribution in [3.8, 4) is 0 Å². The molecule has 0 aliphatic rings. The number of unbranched alkanes of at least 4 members (excludes halogenated alkanes) is 2. The molecule has 4 heteroatoms. The van der Waals surface area contributed by atoms with E-state index in [2.05, 4.69) is 34.9 Å². The van der Waals surface area contributed by atoms with Gasteiger partial charge in [0.05, 0.1) is 0 Å². The number of hydrogen-bond donors (Lipinski definition) is 0. The largest absolute Gasteiger partial charge is 0.360 e. The number of rotatable bonds is 7. The summed E-state index contributed by atoms with van der Waals surface area (Å²) < 4.78 is 0. The van der Waals surface area contributed by atoms with Gasteiger partial charge in [0.15, 0.2) is 0 Å². The molecule has 0 bridgehead atoms. The minimum atomic E-state index is 0.761. The summed E-state index contributed by atoms with van der Waals surface area (Å²) >= 11 is 5.64. The molecule has 3 nitrogen and oxygen atoms in total. The van der Waals surface area contributed by atoms with Crippen molar-refractivity contribution >= 4 is 17.4 Å². The number of alkyl halides is 1. The van der Waals surface area contributed by atoms with Gasteiger partial charge < -0.3 is 4.90 Å². The topological polar surface area (TPSA) is 29.0 Å². The average Bonchev–Trinajstić information content (AvgIpc) is 2.34. The van der Waals surface area contributed by atoms with Gasteiger partial charge in [-0.15, -0.1) is 11.6 Å². The highest BCUT2D eigenvalue weighted by Gasteiger charge is 2.03. The van der Waals surface area contributed by atoms with Crippen LogP contribution < -0.4 is 4.90 Å². The molecule has 1 aromatic rings. The predicted octanol–water partition coefficient (Wildman–Crippen LogP) is 2.88. The quantitative estimate of drug-likeness (QED) is 0.543. The average molecular weight is 242 g/mol. The Bertz CT molecular complexity index is 304. The van der Waals surface area contributed by atoms with Crippen LogP contribution in [0.2, 0.25) is 0 Å². The summed E-state index contributed by atoms with van der Waals surface area (Å²) in [7, 11) is 2.07. The van der Waals surface area contributed by atoms with Gasteiger partial charge in [0, 0.05) is 31.2 Å². The second-order valence-corrected chi connectivity index (χ2v) is 4.27. The Morgan fingerprint density at radius 2 is 2.06 bits per heavy atom. The third-order valence-electron chi connectivity index (χ3n) is 2.59. The zero-order valence-corrected chi connectivity index (χ0v) is 10.9. The van der Waals surface area contributed by atoms with E-state index in [0.717, 1.165) is 43.2 Å². The summed E-state index contributed by atoms with van der Waals surface area (Å²) in [5.41, 5.74) is 1.10. The van der Waals surface area contributed by atoms with Gasteiger partial charge in [-0.3, -0.25) is 0 Å². The van der Waals surface area contributed by atoms with E-state index >= 15 is 0 Å². The maximum Gasteiger partial charge on any atom is 0.131 e. The Hall–Kier alpha value is -0.830. The fourth-order valence-electron chi connectivity index (χ4n) is 1.52. The van der Waals surface area contributed by atoms with Crippen LogP contribution in [0.4, 0.5) is 5.82 Å². The molecule has 0 aromatic carbocycles. The lowest BCUT2D eigenvalue weighted by atomic mass is 10.2. The highest BCUT2D eigenvalue weighted by Crippen LogP contribution is 2.10. The molecule has 0 saturated heterocycles. The van der Waals surface area contributed by atoms with Crippen LogP contribution in [0.3, 0.4) is 0 Å². The minimum Gasteiger partial charge on any atom is -0.360 e. The molecule has 90 valence electrons. The highest BCUT2D eigenvalue weighted by atomic mass is 35.5. The number of aromatic nitrogens is 2. The molecule has 0 N–H and O–H groups in total. The first kappa shape index (κ1) is 13.2. The van der Waals surface area contributed by atoms with E-state index in [1.807, 2.05) is 0 Å². The lowest BCUT2D eigenvalue weighted by Crippen LogP contribution is -2.20. The maximum atomic E-state index is 5.64. The van der Waals surface area contributed by atoms with Gasteiger partial charge >= 0.3 is 0 Å². The molecule has 0 amide bonds. The van der Waals surface area contributed by atoms with Gasteiger partial charge in [0.25, 0.3) is 0 Å². The predicted molar refractivity (Wildman–Crippen MR) is 69.3 cm³/mol. The molecular weight excluding hydrogens is 222 g/mol. The number of halogens is 1. The zero-order chi connectivity index (χ0) is 11.8. The molecule has 1 rings (SSSR count). The van der Waals surface area contributed by atoms with Crippen molar-refractivity contribution in [2.24, 2.45) is 0 Å². The van der Waals surface area contributed by atoms with Gasteiger partial charge in [-0.05, 0) is 19.3 Å². The van der Waals surface area contributed by atoms with Crippen LogP contribution in [-0.2, 0) is 6.42 Å². The van der Waals surface area contributed by atoms with Gasteiger partial charge in [0.1, 0.15) is 12.1 Å². The summed E-state index contributed by atoms with van der Waals surface area (Å²) in [6.45, 7) is 3.13. The maximum absolute atomic E-state index is 5.64. The van der Waals surface area contributed by atoms with E-state index < -0.39 is 0 Å². The molecule has 1 aromatic heterocycles. The van der Waals surface area contributed by atoms with E-state index in [-0.39, 0.29) is 0 Å². The second kappa shape index (κ2) is 7.44. The lowest BCUT2D eigenvalue weighted by molar-refractivity contribution is 0.702. The van der Waals surface area contributed by atoms with Crippen molar-refractivity contribution in [2.45, 2.75) is 32.6 Å². The Morgan fingerprint density at radius 1 is 1.25 bits per heavy atom. The smallest absolute Gasteiger partial charge is 0.131 e. The van der Waals surface area contributed by atoms with Crippen molar-refractivity contribution in [3.63, 3.8) is 0 Å². The van der Waals surface area contributed by atoms with Crippen LogP contribution in [0.15, 0.2) is 12.4 Å². The third-order valence-corrected chi connectivity index (χ3v) is 2.86. The fraction of sp³-hybridized carbons (Fsp3) is 0.667. The van der Waals surface area contributed by atoms with E-state index in [9.17, 15) is 0 Å². The van der Waals surface area contributed by atoms with Crippen molar-refractivity contribution in [3.05, 3.63) is 18.1 Å². The first-order valence-corrected chi connectivity index (χ1v) is 6.39. The molecule has 0 aliphatic carbocycles. The molecule has 0 saturated carbocycles. The van der Waals surface area contributed by atoms with Crippen LogP contribution in [0, 0.1) is 0 Å². The van der Waals surface area contributed by atoms with Crippen molar-refractivity contribution < 1.29 is 0 Å². The van der Waals surface area contributed by atoms with Gasteiger partial charge in [0.2, 0.25) is 0 Å². The summed E-state index contributed by atoms with van der Waals surface area (Å²) in [5, 5.41) is 0. The van der Waals surface area contributed by atoms with E-state index in [1.54, 1.807) is 6.33 Å². The second-order valence-electron chi connectivity index (χ2n) is 3.89. The van der Waals surface area contributed by atoms with Gasteiger partial charge in [-0.2, -0.15) is 0 Å².